The van der Waals surface area contributed by atoms with Crippen LogP contribution in [-0.4, -0.2) is 21.5 Å². The molecule has 2 heterocycles. The predicted molar refractivity (Wildman–Crippen MR) is 127 cm³/mol. The van der Waals surface area contributed by atoms with E-state index in [-0.39, 0.29) is 10.7 Å². The van der Waals surface area contributed by atoms with Crippen LogP contribution in [0.1, 0.15) is 28.1 Å². The number of thiocarbonyl (C=S) groups is 1. The van der Waals surface area contributed by atoms with Crippen LogP contribution in [0.3, 0.4) is 0 Å². The van der Waals surface area contributed by atoms with E-state index in [4.69, 9.17) is 12.2 Å². The first-order valence-electron chi connectivity index (χ1n) is 10.1. The van der Waals surface area contributed by atoms with Crippen LogP contribution in [0.15, 0.2) is 54.1 Å². The average molecular weight is 448 g/mol. The lowest BCUT2D eigenvalue weighted by Crippen LogP contribution is -2.54. The molecule has 0 spiro atoms. The molecule has 1 aromatic heterocycles. The van der Waals surface area contributed by atoms with Gasteiger partial charge in [0.25, 0.3) is 11.8 Å². The van der Waals surface area contributed by atoms with Crippen molar-refractivity contribution in [1.29, 1.82) is 0 Å². The number of anilines is 1. The Morgan fingerprint density at radius 3 is 2.22 bits per heavy atom. The fourth-order valence-electron chi connectivity index (χ4n) is 4.07. The first kappa shape index (κ1) is 21.6. The first-order chi connectivity index (χ1) is 15.2. The summed E-state index contributed by atoms with van der Waals surface area (Å²) in [7, 11) is 0. The zero-order valence-corrected chi connectivity index (χ0v) is 19.0. The summed E-state index contributed by atoms with van der Waals surface area (Å²) in [5.41, 5.74) is 6.35. The van der Waals surface area contributed by atoms with Crippen LogP contribution in [0, 0.1) is 33.5 Å². The molecule has 0 radical (unpaired) electrons. The van der Waals surface area contributed by atoms with Gasteiger partial charge in [0, 0.05) is 11.4 Å². The van der Waals surface area contributed by atoms with Crippen molar-refractivity contribution in [3.8, 4) is 5.69 Å². The van der Waals surface area contributed by atoms with Gasteiger partial charge in [-0.1, -0.05) is 18.2 Å². The maximum absolute atomic E-state index is 13.3. The molecular formula is C25H22FN3O2S. The maximum Gasteiger partial charge on any atom is 0.270 e. The normalized spacial score (nSPS) is 15.5. The van der Waals surface area contributed by atoms with Gasteiger partial charge in [0.1, 0.15) is 11.4 Å². The molecule has 1 fully saturated rings. The second kappa shape index (κ2) is 8.16. The lowest BCUT2D eigenvalue weighted by atomic mass is 10.1. The smallest absolute Gasteiger partial charge is 0.270 e. The maximum atomic E-state index is 13.3. The van der Waals surface area contributed by atoms with Crippen molar-refractivity contribution in [3.63, 3.8) is 0 Å². The van der Waals surface area contributed by atoms with Crippen LogP contribution in [0.2, 0.25) is 0 Å². The molecule has 1 N–H and O–H groups in total. The van der Waals surface area contributed by atoms with Crippen molar-refractivity contribution in [1.82, 2.24) is 9.88 Å². The minimum absolute atomic E-state index is 0.0373. The standard InChI is InChI=1S/C25H22FN3O2S/c1-14-6-5-7-15(2)22(14)28-16(3)12-18(17(28)4)13-21-23(30)27-25(32)29(24(21)31)20-10-8-19(26)9-11-20/h5-13H,1-4H3,(H,27,30,32)/b21-13+. The SMILES string of the molecule is Cc1cccc(C)c1-n1c(C)cc(/C=C2\C(=O)NC(=S)N(c3ccc(F)cc3)C2=O)c1C. The summed E-state index contributed by atoms with van der Waals surface area (Å²) in [5.74, 6) is -1.54. The fraction of sp³-hybridized carbons (Fsp3) is 0.160. The Morgan fingerprint density at radius 1 is 0.969 bits per heavy atom. The monoisotopic (exact) mass is 447 g/mol. The minimum atomic E-state index is -0.560. The van der Waals surface area contributed by atoms with Crippen LogP contribution < -0.4 is 10.2 Å². The number of nitrogens with zero attached hydrogens (tertiary/aromatic N) is 2. The third-order valence-corrected chi connectivity index (χ3v) is 5.90. The molecular weight excluding hydrogens is 425 g/mol. The highest BCUT2D eigenvalue weighted by Crippen LogP contribution is 2.28. The van der Waals surface area contributed by atoms with Crippen molar-refractivity contribution in [2.24, 2.45) is 0 Å². The lowest BCUT2D eigenvalue weighted by molar-refractivity contribution is -0.122. The molecule has 32 heavy (non-hydrogen) atoms. The molecule has 0 saturated carbocycles. The first-order valence-corrected chi connectivity index (χ1v) is 10.5. The summed E-state index contributed by atoms with van der Waals surface area (Å²) in [6.45, 7) is 8.06. The highest BCUT2D eigenvalue weighted by atomic mass is 32.1. The summed E-state index contributed by atoms with van der Waals surface area (Å²) >= 11 is 5.20. The summed E-state index contributed by atoms with van der Waals surface area (Å²) in [6.07, 6.45) is 1.59. The Balaban J connectivity index is 1.79. The van der Waals surface area contributed by atoms with Gasteiger partial charge in [-0.25, -0.2) is 4.39 Å². The third kappa shape index (κ3) is 3.65. The Hall–Kier alpha value is -3.58. The van der Waals surface area contributed by atoms with E-state index in [2.05, 4.69) is 35.9 Å². The number of benzene rings is 2. The molecule has 1 aliphatic heterocycles. The molecule has 2 aromatic carbocycles. The number of carbonyl (C=O) groups excluding carboxylic acids is 2. The van der Waals surface area contributed by atoms with Crippen molar-refractivity contribution in [3.05, 3.63) is 88.0 Å². The summed E-state index contributed by atoms with van der Waals surface area (Å²) in [5, 5.41) is 2.53. The van der Waals surface area contributed by atoms with E-state index >= 15 is 0 Å². The molecule has 0 unspecified atom stereocenters. The molecule has 5 nitrogen and oxygen atoms in total. The highest BCUT2D eigenvalue weighted by molar-refractivity contribution is 7.80. The lowest BCUT2D eigenvalue weighted by Gasteiger charge is -2.28. The van der Waals surface area contributed by atoms with Gasteiger partial charge in [-0.15, -0.1) is 0 Å². The molecule has 4 rings (SSSR count). The number of carbonyl (C=O) groups is 2. The number of para-hydroxylation sites is 1. The van der Waals surface area contributed by atoms with Gasteiger partial charge in [0.15, 0.2) is 5.11 Å². The number of rotatable bonds is 3. The van der Waals surface area contributed by atoms with Crippen LogP contribution in [0.5, 0.6) is 0 Å². The number of hydrogen-bond donors (Lipinski definition) is 1. The largest absolute Gasteiger partial charge is 0.317 e. The number of amides is 2. The second-order valence-electron chi connectivity index (χ2n) is 7.84. The fourth-order valence-corrected chi connectivity index (χ4v) is 4.35. The zero-order chi connectivity index (χ0) is 23.2. The Kier molecular flexibility index (Phi) is 5.52. The van der Waals surface area contributed by atoms with Gasteiger partial charge in [-0.2, -0.15) is 0 Å². The molecule has 1 saturated heterocycles. The van der Waals surface area contributed by atoms with Gasteiger partial charge < -0.3 is 4.57 Å². The summed E-state index contributed by atoms with van der Waals surface area (Å²) < 4.78 is 15.5. The van der Waals surface area contributed by atoms with Crippen molar-refractivity contribution < 1.29 is 14.0 Å². The van der Waals surface area contributed by atoms with Gasteiger partial charge >= 0.3 is 0 Å². The minimum Gasteiger partial charge on any atom is -0.317 e. The van der Waals surface area contributed by atoms with E-state index < -0.39 is 17.6 Å². The van der Waals surface area contributed by atoms with Crippen LogP contribution in [0.25, 0.3) is 11.8 Å². The van der Waals surface area contributed by atoms with E-state index in [1.807, 2.05) is 26.0 Å². The summed E-state index contributed by atoms with van der Waals surface area (Å²) in [4.78, 5) is 27.1. The van der Waals surface area contributed by atoms with Crippen LogP contribution >= 0.6 is 12.2 Å². The predicted octanol–water partition coefficient (Wildman–Crippen LogP) is 4.68. The van der Waals surface area contributed by atoms with Crippen molar-refractivity contribution in [2.45, 2.75) is 27.7 Å². The van der Waals surface area contributed by atoms with E-state index in [0.29, 0.717) is 5.69 Å². The number of halogens is 1. The average Bonchev–Trinajstić information content (AvgIpc) is 3.00. The number of aromatic nitrogens is 1. The quantitative estimate of drug-likeness (QED) is 0.360. The Morgan fingerprint density at radius 2 is 1.59 bits per heavy atom. The van der Waals surface area contributed by atoms with Crippen LogP contribution in [-0.2, 0) is 9.59 Å². The number of aryl methyl sites for hydroxylation is 3. The van der Waals surface area contributed by atoms with Gasteiger partial charge in [0.05, 0.1) is 11.4 Å². The molecule has 0 aliphatic carbocycles. The van der Waals surface area contributed by atoms with E-state index in [1.165, 1.54) is 29.2 Å². The van der Waals surface area contributed by atoms with Crippen molar-refractivity contribution in [2.75, 3.05) is 4.90 Å². The topological polar surface area (TPSA) is 54.3 Å². The number of nitrogens with one attached hydrogen (secondary N) is 1. The van der Waals surface area contributed by atoms with Gasteiger partial charge in [-0.3, -0.25) is 19.8 Å². The molecule has 2 amide bonds. The molecule has 162 valence electrons. The van der Waals surface area contributed by atoms with Gasteiger partial charge in [-0.05, 0) is 93.0 Å². The van der Waals surface area contributed by atoms with Gasteiger partial charge in [0.2, 0.25) is 0 Å². The van der Waals surface area contributed by atoms with E-state index in [0.717, 1.165) is 33.8 Å². The molecule has 1 aliphatic rings. The van der Waals surface area contributed by atoms with E-state index in [1.54, 1.807) is 6.08 Å². The zero-order valence-electron chi connectivity index (χ0n) is 18.2. The molecule has 0 bridgehead atoms. The highest BCUT2D eigenvalue weighted by Gasteiger charge is 2.34. The molecule has 0 atom stereocenters. The Labute approximate surface area is 191 Å². The third-order valence-electron chi connectivity index (χ3n) is 5.62. The molecule has 3 aromatic rings. The Bertz CT molecular complexity index is 1290. The molecule has 7 heteroatoms. The second-order valence-corrected chi connectivity index (χ2v) is 8.22. The van der Waals surface area contributed by atoms with Crippen LogP contribution in [0.4, 0.5) is 10.1 Å². The van der Waals surface area contributed by atoms with E-state index in [9.17, 15) is 14.0 Å². The number of hydrogen-bond acceptors (Lipinski definition) is 3. The summed E-state index contributed by atoms with van der Waals surface area (Å²) in [6, 6.07) is 13.4. The van der Waals surface area contributed by atoms with Crippen molar-refractivity contribution >= 4 is 40.9 Å².